The van der Waals surface area contributed by atoms with Crippen molar-refractivity contribution in [1.82, 2.24) is 4.98 Å². The van der Waals surface area contributed by atoms with E-state index >= 15 is 0 Å². The first-order valence-corrected chi connectivity index (χ1v) is 5.87. The van der Waals surface area contributed by atoms with E-state index in [0.29, 0.717) is 12.5 Å². The number of nitrogens with two attached hydrogens (primary N) is 1. The molecule has 0 saturated heterocycles. The molecule has 2 rings (SSSR count). The first-order valence-electron chi connectivity index (χ1n) is 5.87. The van der Waals surface area contributed by atoms with Gasteiger partial charge in [-0.25, -0.2) is 0 Å². The van der Waals surface area contributed by atoms with Crippen LogP contribution >= 0.6 is 0 Å². The summed E-state index contributed by atoms with van der Waals surface area (Å²) in [5.74, 6) is 1.30. The number of rotatable bonds is 4. The van der Waals surface area contributed by atoms with Crippen LogP contribution in [0, 0.1) is 5.92 Å². The van der Waals surface area contributed by atoms with Crippen molar-refractivity contribution < 1.29 is 4.74 Å². The van der Waals surface area contributed by atoms with E-state index in [9.17, 15) is 0 Å². The van der Waals surface area contributed by atoms with Crippen LogP contribution < -0.4 is 10.5 Å². The SMILES string of the molecule is COc1ccc(CC(C)CN)c2cccnc12. The average Bonchev–Trinajstić information content (AvgIpc) is 2.39. The lowest BCUT2D eigenvalue weighted by Crippen LogP contribution is -2.13. The topological polar surface area (TPSA) is 48.1 Å². The summed E-state index contributed by atoms with van der Waals surface area (Å²) >= 11 is 0. The van der Waals surface area contributed by atoms with Gasteiger partial charge < -0.3 is 10.5 Å². The molecule has 3 heteroatoms. The molecule has 0 amide bonds. The first kappa shape index (κ1) is 11.9. The third-order valence-corrected chi connectivity index (χ3v) is 3.01. The molecule has 2 aromatic rings. The standard InChI is InChI=1S/C14H18N2O/c1-10(9-15)8-11-5-6-13(17-2)14-12(11)4-3-7-16-14/h3-7,10H,8-9,15H2,1-2H3. The molecule has 90 valence electrons. The van der Waals surface area contributed by atoms with Gasteiger partial charge in [-0.1, -0.05) is 19.1 Å². The number of aromatic nitrogens is 1. The third kappa shape index (κ3) is 2.39. The number of nitrogens with zero attached hydrogens (tertiary/aromatic N) is 1. The van der Waals surface area contributed by atoms with Gasteiger partial charge in [0.2, 0.25) is 0 Å². The predicted molar refractivity (Wildman–Crippen MR) is 70.2 cm³/mol. The van der Waals surface area contributed by atoms with E-state index in [2.05, 4.69) is 24.0 Å². The second kappa shape index (κ2) is 5.15. The molecule has 3 nitrogen and oxygen atoms in total. The maximum Gasteiger partial charge on any atom is 0.145 e. The Labute approximate surface area is 102 Å². The van der Waals surface area contributed by atoms with Crippen LogP contribution in [0.15, 0.2) is 30.5 Å². The molecule has 0 fully saturated rings. The smallest absolute Gasteiger partial charge is 0.145 e. The second-order valence-corrected chi connectivity index (χ2v) is 4.37. The van der Waals surface area contributed by atoms with Gasteiger partial charge in [0, 0.05) is 11.6 Å². The quantitative estimate of drug-likeness (QED) is 0.877. The van der Waals surface area contributed by atoms with Gasteiger partial charge in [-0.15, -0.1) is 0 Å². The lowest BCUT2D eigenvalue weighted by Gasteiger charge is -2.12. The molecule has 0 radical (unpaired) electrons. The van der Waals surface area contributed by atoms with Crippen LogP contribution in [0.5, 0.6) is 5.75 Å². The molecule has 0 spiro atoms. The van der Waals surface area contributed by atoms with Crippen LogP contribution in [-0.2, 0) is 6.42 Å². The Morgan fingerprint density at radius 2 is 2.18 bits per heavy atom. The third-order valence-electron chi connectivity index (χ3n) is 3.01. The van der Waals surface area contributed by atoms with Crippen LogP contribution in [0.1, 0.15) is 12.5 Å². The fraction of sp³-hybridized carbons (Fsp3) is 0.357. The highest BCUT2D eigenvalue weighted by Crippen LogP contribution is 2.27. The number of hydrogen-bond acceptors (Lipinski definition) is 3. The fourth-order valence-electron chi connectivity index (χ4n) is 2.01. The highest BCUT2D eigenvalue weighted by Gasteiger charge is 2.09. The van der Waals surface area contributed by atoms with Gasteiger partial charge in [-0.05, 0) is 36.6 Å². The van der Waals surface area contributed by atoms with Gasteiger partial charge in [-0.3, -0.25) is 4.98 Å². The highest BCUT2D eigenvalue weighted by molar-refractivity contribution is 5.87. The van der Waals surface area contributed by atoms with Crippen molar-refractivity contribution in [2.75, 3.05) is 13.7 Å². The predicted octanol–water partition coefficient (Wildman–Crippen LogP) is 2.38. The van der Waals surface area contributed by atoms with Crippen molar-refractivity contribution in [2.45, 2.75) is 13.3 Å². The summed E-state index contributed by atoms with van der Waals surface area (Å²) in [6, 6.07) is 8.13. The number of hydrogen-bond donors (Lipinski definition) is 1. The fourth-order valence-corrected chi connectivity index (χ4v) is 2.01. The number of fused-ring (bicyclic) bond motifs is 1. The van der Waals surface area contributed by atoms with Crippen LogP contribution in [0.4, 0.5) is 0 Å². The minimum Gasteiger partial charge on any atom is -0.494 e. The lowest BCUT2D eigenvalue weighted by atomic mass is 9.97. The Balaban J connectivity index is 2.51. The van der Waals surface area contributed by atoms with Crippen LogP contribution in [0.3, 0.4) is 0 Å². The molecule has 1 atom stereocenters. The van der Waals surface area contributed by atoms with Crippen molar-refractivity contribution >= 4 is 10.9 Å². The van der Waals surface area contributed by atoms with E-state index in [0.717, 1.165) is 23.1 Å². The van der Waals surface area contributed by atoms with Crippen molar-refractivity contribution in [3.63, 3.8) is 0 Å². The first-order chi connectivity index (χ1) is 8.26. The lowest BCUT2D eigenvalue weighted by molar-refractivity contribution is 0.418. The van der Waals surface area contributed by atoms with E-state index in [4.69, 9.17) is 10.5 Å². The Morgan fingerprint density at radius 1 is 1.35 bits per heavy atom. The summed E-state index contributed by atoms with van der Waals surface area (Å²) in [4.78, 5) is 4.39. The van der Waals surface area contributed by atoms with Crippen molar-refractivity contribution in [2.24, 2.45) is 11.7 Å². The normalized spacial score (nSPS) is 12.6. The molecule has 1 unspecified atom stereocenters. The Morgan fingerprint density at radius 3 is 2.88 bits per heavy atom. The Bertz CT molecular complexity index is 511. The maximum atomic E-state index is 5.68. The molecule has 0 saturated carbocycles. The minimum atomic E-state index is 0.479. The molecule has 1 aromatic carbocycles. The van der Waals surface area contributed by atoms with Crippen LogP contribution in [0.25, 0.3) is 10.9 Å². The van der Waals surface area contributed by atoms with Gasteiger partial charge in [0.25, 0.3) is 0 Å². The minimum absolute atomic E-state index is 0.479. The van der Waals surface area contributed by atoms with Crippen molar-refractivity contribution in [1.29, 1.82) is 0 Å². The van der Waals surface area contributed by atoms with Crippen LogP contribution in [-0.4, -0.2) is 18.6 Å². The number of benzene rings is 1. The number of pyridine rings is 1. The molecule has 0 aliphatic carbocycles. The van der Waals surface area contributed by atoms with E-state index < -0.39 is 0 Å². The molecule has 0 aliphatic heterocycles. The molecule has 1 aromatic heterocycles. The second-order valence-electron chi connectivity index (χ2n) is 4.37. The van der Waals surface area contributed by atoms with E-state index in [1.54, 1.807) is 13.3 Å². The summed E-state index contributed by atoms with van der Waals surface area (Å²) in [6.45, 7) is 2.86. The van der Waals surface area contributed by atoms with E-state index in [1.165, 1.54) is 5.56 Å². The molecule has 0 bridgehead atoms. The summed E-state index contributed by atoms with van der Waals surface area (Å²) in [5, 5.41) is 1.16. The number of methoxy groups -OCH3 is 1. The summed E-state index contributed by atoms with van der Waals surface area (Å²) in [6.07, 6.45) is 2.77. The zero-order valence-electron chi connectivity index (χ0n) is 10.3. The molecular formula is C14H18N2O. The Hall–Kier alpha value is -1.61. The van der Waals surface area contributed by atoms with Crippen molar-refractivity contribution in [3.8, 4) is 5.75 Å². The number of ether oxygens (including phenoxy) is 1. The summed E-state index contributed by atoms with van der Waals surface area (Å²) in [7, 11) is 1.67. The summed E-state index contributed by atoms with van der Waals surface area (Å²) < 4.78 is 5.33. The molecule has 17 heavy (non-hydrogen) atoms. The van der Waals surface area contributed by atoms with Gasteiger partial charge in [0.05, 0.1) is 7.11 Å². The molecular weight excluding hydrogens is 212 g/mol. The zero-order chi connectivity index (χ0) is 12.3. The van der Waals surface area contributed by atoms with Gasteiger partial charge >= 0.3 is 0 Å². The largest absolute Gasteiger partial charge is 0.494 e. The average molecular weight is 230 g/mol. The Kier molecular flexibility index (Phi) is 3.59. The highest BCUT2D eigenvalue weighted by atomic mass is 16.5. The monoisotopic (exact) mass is 230 g/mol. The van der Waals surface area contributed by atoms with Gasteiger partial charge in [0.15, 0.2) is 0 Å². The molecule has 0 aliphatic rings. The van der Waals surface area contributed by atoms with Gasteiger partial charge in [0.1, 0.15) is 11.3 Å². The van der Waals surface area contributed by atoms with Crippen LogP contribution in [0.2, 0.25) is 0 Å². The van der Waals surface area contributed by atoms with Gasteiger partial charge in [-0.2, -0.15) is 0 Å². The summed E-state index contributed by atoms with van der Waals surface area (Å²) in [5.41, 5.74) is 7.89. The van der Waals surface area contributed by atoms with Crippen molar-refractivity contribution in [3.05, 3.63) is 36.0 Å². The van der Waals surface area contributed by atoms with E-state index in [-0.39, 0.29) is 0 Å². The molecule has 2 N–H and O–H groups in total. The maximum absolute atomic E-state index is 5.68. The van der Waals surface area contributed by atoms with E-state index in [1.807, 2.05) is 12.1 Å². The molecule has 1 heterocycles. The zero-order valence-corrected chi connectivity index (χ0v) is 10.3.